The second kappa shape index (κ2) is 15.6. The van der Waals surface area contributed by atoms with Crippen LogP contribution in [0.5, 0.6) is 0 Å². The Hall–Kier alpha value is -2.57. The number of ketones is 1. The summed E-state index contributed by atoms with van der Waals surface area (Å²) in [5.74, 6) is 0.0428. The van der Waals surface area contributed by atoms with Crippen LogP contribution in [-0.2, 0) is 32.1 Å². The Kier molecular flexibility index (Phi) is 12.2. The second-order valence-electron chi connectivity index (χ2n) is 9.45. The lowest BCUT2D eigenvalue weighted by Gasteiger charge is -2.22. The molecule has 3 rings (SSSR count). The molecule has 1 aliphatic rings. The lowest BCUT2D eigenvalue weighted by atomic mass is 9.90. The van der Waals surface area contributed by atoms with E-state index in [1.165, 1.54) is 13.2 Å². The van der Waals surface area contributed by atoms with Crippen molar-refractivity contribution in [2.45, 2.75) is 64.1 Å². The monoisotopic (exact) mass is 570 g/mol. The molecule has 1 fully saturated rings. The molecular formula is C31H36BrFO4. The highest BCUT2D eigenvalue weighted by Gasteiger charge is 2.34. The van der Waals surface area contributed by atoms with Gasteiger partial charge >= 0.3 is 5.97 Å². The molecule has 2 unspecified atom stereocenters. The van der Waals surface area contributed by atoms with Gasteiger partial charge in [0.1, 0.15) is 5.82 Å². The molecule has 0 amide bonds. The van der Waals surface area contributed by atoms with Crippen LogP contribution in [0.25, 0.3) is 0 Å². The lowest BCUT2D eigenvalue weighted by Crippen LogP contribution is -2.21. The Balaban J connectivity index is 1.59. The molecule has 198 valence electrons. The topological polar surface area (TPSA) is 52.6 Å². The van der Waals surface area contributed by atoms with Crippen LogP contribution in [0.3, 0.4) is 0 Å². The number of hydrogen-bond donors (Lipinski definition) is 0. The summed E-state index contributed by atoms with van der Waals surface area (Å²) in [6.07, 6.45) is 13.5. The number of hydrogen-bond acceptors (Lipinski definition) is 4. The van der Waals surface area contributed by atoms with Crippen molar-refractivity contribution in [2.24, 2.45) is 11.8 Å². The average molecular weight is 572 g/mol. The fraction of sp³-hybridized carbons (Fsp3) is 0.419. The van der Waals surface area contributed by atoms with Gasteiger partial charge in [-0.3, -0.25) is 9.59 Å². The molecule has 2 aromatic carbocycles. The molecule has 0 aromatic heterocycles. The predicted octanol–water partition coefficient (Wildman–Crippen LogP) is 7.55. The first-order valence-electron chi connectivity index (χ1n) is 13.0. The van der Waals surface area contributed by atoms with E-state index >= 15 is 0 Å². The second-order valence-corrected chi connectivity index (χ2v) is 10.3. The zero-order chi connectivity index (χ0) is 26.5. The molecular weight excluding hydrogens is 535 g/mol. The van der Waals surface area contributed by atoms with E-state index in [1.54, 1.807) is 24.3 Å². The van der Waals surface area contributed by atoms with Crippen molar-refractivity contribution < 1.29 is 23.5 Å². The van der Waals surface area contributed by atoms with Gasteiger partial charge < -0.3 is 9.47 Å². The van der Waals surface area contributed by atoms with Gasteiger partial charge in [-0.05, 0) is 73.8 Å². The number of ether oxygens (including phenoxy) is 2. The third kappa shape index (κ3) is 9.67. The molecule has 6 heteroatoms. The molecule has 0 bridgehead atoms. The Labute approximate surface area is 228 Å². The van der Waals surface area contributed by atoms with Crippen LogP contribution in [-0.4, -0.2) is 25.0 Å². The summed E-state index contributed by atoms with van der Waals surface area (Å²) >= 11 is 3.59. The van der Waals surface area contributed by atoms with Gasteiger partial charge in [0.15, 0.2) is 5.78 Å². The number of halogens is 2. The number of benzene rings is 2. The van der Waals surface area contributed by atoms with Gasteiger partial charge in [-0.15, -0.1) is 0 Å². The van der Waals surface area contributed by atoms with Gasteiger partial charge in [0.25, 0.3) is 0 Å². The normalized spacial score (nSPS) is 19.6. The Bertz CT molecular complexity index is 1080. The Morgan fingerprint density at radius 1 is 1.03 bits per heavy atom. The van der Waals surface area contributed by atoms with Gasteiger partial charge in [-0.25, -0.2) is 4.39 Å². The molecule has 0 N–H and O–H groups in total. The van der Waals surface area contributed by atoms with Gasteiger partial charge in [0.2, 0.25) is 0 Å². The number of carbonyl (C=O) groups is 2. The number of allylic oxidation sites excluding steroid dienone is 3. The van der Waals surface area contributed by atoms with Crippen molar-refractivity contribution in [3.8, 4) is 0 Å². The number of aryl methyl sites for hydroxylation is 1. The van der Waals surface area contributed by atoms with E-state index in [0.29, 0.717) is 30.9 Å². The molecule has 3 atom stereocenters. The van der Waals surface area contributed by atoms with E-state index in [2.05, 4.69) is 32.8 Å². The van der Waals surface area contributed by atoms with Crippen molar-refractivity contribution in [1.29, 1.82) is 0 Å². The van der Waals surface area contributed by atoms with Crippen LogP contribution in [0.4, 0.5) is 4.39 Å². The van der Waals surface area contributed by atoms with E-state index in [0.717, 1.165) is 42.1 Å². The highest BCUT2D eigenvalue weighted by Crippen LogP contribution is 2.38. The zero-order valence-electron chi connectivity index (χ0n) is 21.4. The summed E-state index contributed by atoms with van der Waals surface area (Å²) in [5.41, 5.74) is 1.66. The van der Waals surface area contributed by atoms with Crippen LogP contribution in [0.2, 0.25) is 0 Å². The molecule has 0 radical (unpaired) electrons. The largest absolute Gasteiger partial charge is 0.469 e. The molecule has 1 saturated carbocycles. The number of esters is 1. The maximum Gasteiger partial charge on any atom is 0.305 e. The first-order chi connectivity index (χ1) is 18.0. The molecule has 0 heterocycles. The molecule has 0 aliphatic heterocycles. The van der Waals surface area contributed by atoms with E-state index in [-0.39, 0.29) is 36.0 Å². The SMILES string of the molecule is COC(=O)CCC/C=C\CC1CC[C@@H](OCc2ccccc2Br)C1/C=C/C(=O)CCc1ccccc1F. The maximum absolute atomic E-state index is 13.9. The Morgan fingerprint density at radius 3 is 2.54 bits per heavy atom. The summed E-state index contributed by atoms with van der Waals surface area (Å²) in [5, 5.41) is 0. The number of methoxy groups -OCH3 is 1. The minimum Gasteiger partial charge on any atom is -0.469 e. The summed E-state index contributed by atoms with van der Waals surface area (Å²) < 4.78 is 26.0. The van der Waals surface area contributed by atoms with Crippen molar-refractivity contribution in [3.05, 3.63) is 94.3 Å². The fourth-order valence-electron chi connectivity index (χ4n) is 4.75. The lowest BCUT2D eigenvalue weighted by molar-refractivity contribution is -0.140. The third-order valence-electron chi connectivity index (χ3n) is 6.89. The molecule has 0 saturated heterocycles. The quantitative estimate of drug-likeness (QED) is 0.102. The minimum absolute atomic E-state index is 0.00295. The van der Waals surface area contributed by atoms with E-state index in [1.807, 2.05) is 30.3 Å². The average Bonchev–Trinajstić information content (AvgIpc) is 3.29. The van der Waals surface area contributed by atoms with Crippen LogP contribution in [0.15, 0.2) is 77.3 Å². The number of unbranched alkanes of at least 4 members (excludes halogenated alkanes) is 1. The van der Waals surface area contributed by atoms with Crippen LogP contribution < -0.4 is 0 Å². The number of rotatable bonds is 14. The molecule has 37 heavy (non-hydrogen) atoms. The number of carbonyl (C=O) groups excluding carboxylic acids is 2. The molecule has 4 nitrogen and oxygen atoms in total. The molecule has 0 spiro atoms. The highest BCUT2D eigenvalue weighted by molar-refractivity contribution is 9.10. The van der Waals surface area contributed by atoms with E-state index in [9.17, 15) is 14.0 Å². The van der Waals surface area contributed by atoms with Crippen molar-refractivity contribution in [2.75, 3.05) is 7.11 Å². The first-order valence-corrected chi connectivity index (χ1v) is 13.8. The van der Waals surface area contributed by atoms with Crippen molar-refractivity contribution >= 4 is 27.7 Å². The smallest absolute Gasteiger partial charge is 0.305 e. The Morgan fingerprint density at radius 2 is 1.78 bits per heavy atom. The highest BCUT2D eigenvalue weighted by atomic mass is 79.9. The van der Waals surface area contributed by atoms with E-state index in [4.69, 9.17) is 4.74 Å². The summed E-state index contributed by atoms with van der Waals surface area (Å²) in [4.78, 5) is 23.9. The van der Waals surface area contributed by atoms with Gasteiger partial charge in [-0.1, -0.05) is 70.6 Å². The summed E-state index contributed by atoms with van der Waals surface area (Å²) in [6, 6.07) is 14.6. The molecule has 1 aliphatic carbocycles. The van der Waals surface area contributed by atoms with Crippen LogP contribution in [0, 0.1) is 17.7 Å². The van der Waals surface area contributed by atoms with Gasteiger partial charge in [-0.2, -0.15) is 0 Å². The standard InChI is InChI=1S/C31H36BrFO4/c1-36-31(35)15-5-3-2-4-10-23-17-21-30(37-22-25-12-6-8-13-28(25)32)27(23)20-19-26(34)18-16-24-11-7-9-14-29(24)33/h2,4,6-9,11-14,19-20,23,27,30H,3,5,10,15-18,21-22H2,1H3/b4-2-,20-19+/t23?,27?,30-/m1/s1. The predicted molar refractivity (Wildman–Crippen MR) is 147 cm³/mol. The van der Waals surface area contributed by atoms with Crippen molar-refractivity contribution in [1.82, 2.24) is 0 Å². The maximum atomic E-state index is 13.9. The molecule has 2 aromatic rings. The minimum atomic E-state index is -0.269. The summed E-state index contributed by atoms with van der Waals surface area (Å²) in [6.45, 7) is 0.508. The first kappa shape index (κ1) is 29.0. The van der Waals surface area contributed by atoms with Gasteiger partial charge in [0.05, 0.1) is 19.8 Å². The zero-order valence-corrected chi connectivity index (χ0v) is 23.0. The van der Waals surface area contributed by atoms with Gasteiger partial charge in [0, 0.05) is 23.2 Å². The third-order valence-corrected chi connectivity index (χ3v) is 7.67. The summed E-state index contributed by atoms with van der Waals surface area (Å²) in [7, 11) is 1.41. The fourth-order valence-corrected chi connectivity index (χ4v) is 5.14. The van der Waals surface area contributed by atoms with Crippen LogP contribution >= 0.6 is 15.9 Å². The van der Waals surface area contributed by atoms with Crippen molar-refractivity contribution in [3.63, 3.8) is 0 Å². The van der Waals surface area contributed by atoms with Crippen LogP contribution in [0.1, 0.15) is 56.1 Å². The van der Waals surface area contributed by atoms with E-state index < -0.39 is 0 Å².